The van der Waals surface area contributed by atoms with Gasteiger partial charge in [0.1, 0.15) is 11.8 Å². The average Bonchev–Trinajstić information content (AvgIpc) is 2.86. The largest absolute Gasteiger partial charge is 0.489 e. The highest BCUT2D eigenvalue weighted by Gasteiger charge is 2.15. The van der Waals surface area contributed by atoms with E-state index in [-0.39, 0.29) is 5.75 Å². The fourth-order valence-corrected chi connectivity index (χ4v) is 2.58. The first-order valence-corrected chi connectivity index (χ1v) is 8.03. The van der Waals surface area contributed by atoms with Gasteiger partial charge in [-0.2, -0.15) is 5.26 Å². The number of benzene rings is 2. The van der Waals surface area contributed by atoms with Crippen LogP contribution in [0.3, 0.4) is 0 Å². The van der Waals surface area contributed by atoms with Crippen molar-refractivity contribution < 1.29 is 19.0 Å². The summed E-state index contributed by atoms with van der Waals surface area (Å²) in [5.74, 6) is 0.692. The molecule has 3 rings (SSSR count). The first-order chi connectivity index (χ1) is 12.2. The Morgan fingerprint density at radius 3 is 2.88 bits per heavy atom. The molecule has 0 aromatic heterocycles. The van der Waals surface area contributed by atoms with Gasteiger partial charge in [0.25, 0.3) is 0 Å². The van der Waals surface area contributed by atoms with Crippen molar-refractivity contribution >= 4 is 23.6 Å². The minimum absolute atomic E-state index is 0.219. The maximum atomic E-state index is 12.0. The summed E-state index contributed by atoms with van der Waals surface area (Å²) in [4.78, 5) is 12.0. The Bertz CT molecular complexity index is 870. The van der Waals surface area contributed by atoms with Gasteiger partial charge in [-0.05, 0) is 35.9 Å². The lowest BCUT2D eigenvalue weighted by Gasteiger charge is -2.10. The normalized spacial score (nSPS) is 13.1. The summed E-state index contributed by atoms with van der Waals surface area (Å²) in [7, 11) is 0. The van der Waals surface area contributed by atoms with Crippen LogP contribution in [0.5, 0.6) is 17.2 Å². The average molecular weight is 356 g/mol. The summed E-state index contributed by atoms with van der Waals surface area (Å²) in [5.41, 5.74) is 0.975. The maximum absolute atomic E-state index is 12.0. The predicted octanol–water partition coefficient (Wildman–Crippen LogP) is 3.99. The van der Waals surface area contributed by atoms with E-state index < -0.39 is 5.97 Å². The number of hydrogen-bond acceptors (Lipinski definition) is 5. The molecule has 126 valence electrons. The van der Waals surface area contributed by atoms with E-state index in [1.807, 2.05) is 6.07 Å². The summed E-state index contributed by atoms with van der Waals surface area (Å²) in [5, 5.41) is 9.42. The number of fused-ring (bicyclic) bond motifs is 1. The molecule has 0 spiro atoms. The zero-order valence-electron chi connectivity index (χ0n) is 13.2. The molecule has 2 aromatic rings. The minimum Gasteiger partial charge on any atom is -0.489 e. The molecule has 0 bridgehead atoms. The van der Waals surface area contributed by atoms with Crippen molar-refractivity contribution in [3.63, 3.8) is 0 Å². The van der Waals surface area contributed by atoms with Gasteiger partial charge in [0.05, 0.1) is 23.8 Å². The van der Waals surface area contributed by atoms with Crippen molar-refractivity contribution in [1.82, 2.24) is 0 Å². The quantitative estimate of drug-likeness (QED) is 0.473. The maximum Gasteiger partial charge on any atom is 0.336 e. The van der Waals surface area contributed by atoms with Crippen LogP contribution in [-0.4, -0.2) is 19.2 Å². The summed E-state index contributed by atoms with van der Waals surface area (Å²) in [6.45, 7) is 1.09. The van der Waals surface area contributed by atoms with Gasteiger partial charge in [0, 0.05) is 12.5 Å². The molecule has 1 heterocycles. The van der Waals surface area contributed by atoms with Crippen LogP contribution >= 0.6 is 11.6 Å². The van der Waals surface area contributed by atoms with Crippen molar-refractivity contribution in [2.45, 2.75) is 6.42 Å². The van der Waals surface area contributed by atoms with Crippen LogP contribution in [0.2, 0.25) is 5.02 Å². The Morgan fingerprint density at radius 1 is 1.24 bits per heavy atom. The minimum atomic E-state index is -0.592. The number of halogens is 1. The fraction of sp³-hybridized carbons (Fsp3) is 0.158. The summed E-state index contributed by atoms with van der Waals surface area (Å²) < 4.78 is 16.4. The Labute approximate surface area is 150 Å². The summed E-state index contributed by atoms with van der Waals surface area (Å²) in [6.07, 6.45) is 3.61. The number of para-hydroxylation sites is 1. The Hall–Kier alpha value is -2.97. The lowest BCUT2D eigenvalue weighted by atomic mass is 10.2. The second kappa shape index (κ2) is 7.73. The molecule has 0 amide bonds. The summed E-state index contributed by atoms with van der Waals surface area (Å²) in [6, 6.07) is 11.9. The first-order valence-electron chi connectivity index (χ1n) is 7.65. The van der Waals surface area contributed by atoms with E-state index in [0.717, 1.165) is 6.42 Å². The number of ether oxygens (including phenoxy) is 3. The van der Waals surface area contributed by atoms with Crippen molar-refractivity contribution in [3.8, 4) is 23.3 Å². The predicted molar refractivity (Wildman–Crippen MR) is 92.9 cm³/mol. The number of hydrogen-bond donors (Lipinski definition) is 0. The zero-order valence-corrected chi connectivity index (χ0v) is 14.0. The van der Waals surface area contributed by atoms with E-state index in [1.165, 1.54) is 6.08 Å². The highest BCUT2D eigenvalue weighted by molar-refractivity contribution is 6.32. The number of carbonyl (C=O) groups is 1. The third kappa shape index (κ3) is 4.11. The standard InChI is InChI=1S/C19H14ClNO4/c20-15-10-13(11-17-19(15)24-9-3-8-23-17)6-7-18(22)25-16-5-2-1-4-14(16)12-21/h1-2,4-7,10-11H,3,8-9H2. The molecule has 2 aromatic carbocycles. The van der Waals surface area contributed by atoms with E-state index in [9.17, 15) is 4.79 Å². The van der Waals surface area contributed by atoms with Crippen molar-refractivity contribution in [2.75, 3.05) is 13.2 Å². The molecule has 0 unspecified atom stereocenters. The van der Waals surface area contributed by atoms with Gasteiger partial charge in [0.2, 0.25) is 0 Å². The number of nitriles is 1. The van der Waals surface area contributed by atoms with Gasteiger partial charge < -0.3 is 14.2 Å². The van der Waals surface area contributed by atoms with Gasteiger partial charge in [-0.15, -0.1) is 0 Å². The molecule has 6 heteroatoms. The van der Waals surface area contributed by atoms with Gasteiger partial charge in [-0.1, -0.05) is 23.7 Å². The highest BCUT2D eigenvalue weighted by atomic mass is 35.5. The van der Waals surface area contributed by atoms with Crippen LogP contribution in [-0.2, 0) is 4.79 Å². The first kappa shape index (κ1) is 16.9. The van der Waals surface area contributed by atoms with E-state index in [0.29, 0.717) is 40.9 Å². The van der Waals surface area contributed by atoms with Crippen LogP contribution in [0.25, 0.3) is 6.08 Å². The molecule has 0 saturated heterocycles. The van der Waals surface area contributed by atoms with Crippen LogP contribution in [0.4, 0.5) is 0 Å². The number of nitrogens with zero attached hydrogens (tertiary/aromatic N) is 1. The van der Waals surface area contributed by atoms with E-state index in [4.69, 9.17) is 31.1 Å². The molecule has 0 radical (unpaired) electrons. The molecule has 1 aliphatic heterocycles. The Morgan fingerprint density at radius 2 is 2.04 bits per heavy atom. The fourth-order valence-electron chi connectivity index (χ4n) is 2.30. The molecule has 0 atom stereocenters. The van der Waals surface area contributed by atoms with Crippen LogP contribution in [0.1, 0.15) is 17.5 Å². The second-order valence-electron chi connectivity index (χ2n) is 5.24. The molecule has 5 nitrogen and oxygen atoms in total. The molecular weight excluding hydrogens is 342 g/mol. The number of esters is 1. The zero-order chi connectivity index (χ0) is 17.6. The third-order valence-corrected chi connectivity index (χ3v) is 3.74. The van der Waals surface area contributed by atoms with Gasteiger partial charge in [0.15, 0.2) is 11.5 Å². The molecule has 1 aliphatic rings. The van der Waals surface area contributed by atoms with Crippen LogP contribution in [0.15, 0.2) is 42.5 Å². The van der Waals surface area contributed by atoms with Gasteiger partial charge >= 0.3 is 5.97 Å². The number of carbonyl (C=O) groups excluding carboxylic acids is 1. The van der Waals surface area contributed by atoms with Crippen LogP contribution < -0.4 is 14.2 Å². The molecule has 25 heavy (non-hydrogen) atoms. The van der Waals surface area contributed by atoms with E-state index in [2.05, 4.69) is 0 Å². The van der Waals surface area contributed by atoms with Crippen molar-refractivity contribution in [3.05, 3.63) is 58.6 Å². The van der Waals surface area contributed by atoms with Crippen molar-refractivity contribution in [1.29, 1.82) is 5.26 Å². The lowest BCUT2D eigenvalue weighted by Crippen LogP contribution is -2.04. The third-order valence-electron chi connectivity index (χ3n) is 3.45. The van der Waals surface area contributed by atoms with Crippen molar-refractivity contribution in [2.24, 2.45) is 0 Å². The molecule has 0 saturated carbocycles. The van der Waals surface area contributed by atoms with Crippen LogP contribution in [0, 0.1) is 11.3 Å². The molecule has 0 aliphatic carbocycles. The molecule has 0 N–H and O–H groups in total. The smallest absolute Gasteiger partial charge is 0.336 e. The lowest BCUT2D eigenvalue weighted by molar-refractivity contribution is -0.128. The van der Waals surface area contributed by atoms with Gasteiger partial charge in [-0.25, -0.2) is 4.79 Å². The summed E-state index contributed by atoms with van der Waals surface area (Å²) >= 11 is 6.21. The second-order valence-corrected chi connectivity index (χ2v) is 5.65. The molecule has 0 fully saturated rings. The Balaban J connectivity index is 1.76. The topological polar surface area (TPSA) is 68.5 Å². The Kier molecular flexibility index (Phi) is 5.22. The highest BCUT2D eigenvalue weighted by Crippen LogP contribution is 2.38. The van der Waals surface area contributed by atoms with Gasteiger partial charge in [-0.3, -0.25) is 0 Å². The SMILES string of the molecule is N#Cc1ccccc1OC(=O)C=Cc1cc(Cl)c2c(c1)OCCCO2. The molecular formula is C19H14ClNO4. The van der Waals surface area contributed by atoms with E-state index >= 15 is 0 Å². The van der Waals surface area contributed by atoms with E-state index in [1.54, 1.807) is 42.5 Å². The number of rotatable bonds is 3. The monoisotopic (exact) mass is 355 g/mol.